The van der Waals surface area contributed by atoms with Gasteiger partial charge in [-0.15, -0.1) is 0 Å². The molecule has 2 heterocycles. The molecule has 1 fully saturated rings. The van der Waals surface area contributed by atoms with Gasteiger partial charge in [0.05, 0.1) is 29.9 Å². The zero-order valence-electron chi connectivity index (χ0n) is 12.3. The lowest BCUT2D eigenvalue weighted by atomic mass is 10.2. The van der Waals surface area contributed by atoms with E-state index in [0.717, 1.165) is 4.47 Å². The topological polar surface area (TPSA) is 87.9 Å². The van der Waals surface area contributed by atoms with Gasteiger partial charge >= 0.3 is 5.97 Å². The molecule has 1 atom stereocenters. The molecule has 0 bridgehead atoms. The van der Waals surface area contributed by atoms with Crippen LogP contribution in [0, 0.1) is 0 Å². The zero-order chi connectivity index (χ0) is 16.1. The largest absolute Gasteiger partial charge is 0.480 e. The summed E-state index contributed by atoms with van der Waals surface area (Å²) in [5, 5.41) is 12.8. The molecule has 1 unspecified atom stereocenters. The molecule has 8 nitrogen and oxygen atoms in total. The first-order chi connectivity index (χ1) is 10.4. The van der Waals surface area contributed by atoms with Gasteiger partial charge in [-0.25, -0.2) is 0 Å². The number of halogens is 1. The summed E-state index contributed by atoms with van der Waals surface area (Å²) >= 11 is 3.29. The average molecular weight is 375 g/mol. The molecule has 0 spiro atoms. The molecule has 0 saturated carbocycles. The Bertz CT molecular complexity index is 536. The molecule has 0 radical (unpaired) electrons. The number of rotatable bonds is 6. The maximum atomic E-state index is 12.3. The fourth-order valence-corrected chi connectivity index (χ4v) is 2.69. The second-order valence-corrected chi connectivity index (χ2v) is 6.19. The standard InChI is InChI=1S/C13H19BrN4O4/c1-16(9-13(20)21)6-11-7-17(2-3-22-11)12(19)8-18-5-10(14)4-15-18/h4-5,11H,2-3,6-9H2,1H3,(H,20,21). The molecule has 0 aliphatic carbocycles. The molecule has 1 N–H and O–H groups in total. The van der Waals surface area contributed by atoms with E-state index in [1.54, 1.807) is 33.9 Å². The molecule has 122 valence electrons. The van der Waals surface area contributed by atoms with Gasteiger partial charge in [-0.1, -0.05) is 0 Å². The number of aromatic nitrogens is 2. The van der Waals surface area contributed by atoms with Crippen molar-refractivity contribution < 1.29 is 19.4 Å². The lowest BCUT2D eigenvalue weighted by Gasteiger charge is -2.34. The number of nitrogens with zero attached hydrogens (tertiary/aromatic N) is 4. The fraction of sp³-hybridized carbons (Fsp3) is 0.615. The summed E-state index contributed by atoms with van der Waals surface area (Å²) in [6.07, 6.45) is 3.21. The van der Waals surface area contributed by atoms with Gasteiger partial charge < -0.3 is 14.7 Å². The van der Waals surface area contributed by atoms with Crippen molar-refractivity contribution in [3.8, 4) is 0 Å². The van der Waals surface area contributed by atoms with Crippen LogP contribution in [0.15, 0.2) is 16.9 Å². The van der Waals surface area contributed by atoms with Crippen molar-refractivity contribution in [2.45, 2.75) is 12.6 Å². The predicted molar refractivity (Wildman–Crippen MR) is 81.4 cm³/mol. The van der Waals surface area contributed by atoms with E-state index in [1.807, 2.05) is 0 Å². The summed E-state index contributed by atoms with van der Waals surface area (Å²) in [5.74, 6) is -0.903. The molecule has 1 aromatic heterocycles. The molecule has 1 aliphatic heterocycles. The number of carbonyl (C=O) groups is 2. The summed E-state index contributed by atoms with van der Waals surface area (Å²) in [4.78, 5) is 26.3. The summed E-state index contributed by atoms with van der Waals surface area (Å²) in [6.45, 7) is 2.08. The third kappa shape index (κ3) is 5.08. The minimum atomic E-state index is -0.879. The Kier molecular flexibility index (Phi) is 5.92. The van der Waals surface area contributed by atoms with Crippen LogP contribution < -0.4 is 0 Å². The van der Waals surface area contributed by atoms with Crippen molar-refractivity contribution in [2.75, 3.05) is 39.8 Å². The number of ether oxygens (including phenoxy) is 1. The Morgan fingerprint density at radius 3 is 3.00 bits per heavy atom. The predicted octanol–water partition coefficient (Wildman–Crippen LogP) is -0.111. The van der Waals surface area contributed by atoms with Crippen LogP contribution in [-0.2, 0) is 20.9 Å². The van der Waals surface area contributed by atoms with Gasteiger partial charge in [-0.05, 0) is 23.0 Å². The van der Waals surface area contributed by atoms with Crippen LogP contribution in [0.1, 0.15) is 0 Å². The summed E-state index contributed by atoms with van der Waals surface area (Å²) in [5.41, 5.74) is 0. The van der Waals surface area contributed by atoms with E-state index in [1.165, 1.54) is 0 Å². The number of hydrogen-bond acceptors (Lipinski definition) is 5. The van der Waals surface area contributed by atoms with Crippen molar-refractivity contribution in [3.63, 3.8) is 0 Å². The number of aliphatic carboxylic acids is 1. The van der Waals surface area contributed by atoms with E-state index < -0.39 is 5.97 Å². The summed E-state index contributed by atoms with van der Waals surface area (Å²) < 4.78 is 8.01. The number of carboxylic acid groups (broad SMARTS) is 1. The third-order valence-electron chi connectivity index (χ3n) is 3.31. The maximum absolute atomic E-state index is 12.3. The number of hydrogen-bond donors (Lipinski definition) is 1. The van der Waals surface area contributed by atoms with E-state index in [2.05, 4.69) is 21.0 Å². The van der Waals surface area contributed by atoms with Crippen LogP contribution in [0.25, 0.3) is 0 Å². The van der Waals surface area contributed by atoms with E-state index in [4.69, 9.17) is 9.84 Å². The number of amides is 1. The molecular weight excluding hydrogens is 356 g/mol. The molecule has 22 heavy (non-hydrogen) atoms. The van der Waals surface area contributed by atoms with Gasteiger partial charge in [-0.2, -0.15) is 5.10 Å². The Labute approximate surface area is 136 Å². The number of morpholine rings is 1. The molecule has 1 aromatic rings. The monoisotopic (exact) mass is 374 g/mol. The number of likely N-dealkylation sites (N-methyl/N-ethyl adjacent to an activating group) is 1. The Morgan fingerprint density at radius 1 is 1.59 bits per heavy atom. The van der Waals surface area contributed by atoms with E-state index in [-0.39, 0.29) is 25.1 Å². The summed E-state index contributed by atoms with van der Waals surface area (Å²) in [6, 6.07) is 0. The van der Waals surface area contributed by atoms with Crippen LogP contribution in [0.2, 0.25) is 0 Å². The minimum absolute atomic E-state index is 0.0233. The minimum Gasteiger partial charge on any atom is -0.480 e. The van der Waals surface area contributed by atoms with Crippen molar-refractivity contribution in [1.82, 2.24) is 19.6 Å². The van der Waals surface area contributed by atoms with Crippen LogP contribution >= 0.6 is 15.9 Å². The molecule has 1 amide bonds. The van der Waals surface area contributed by atoms with Crippen LogP contribution in [-0.4, -0.2) is 82.5 Å². The van der Waals surface area contributed by atoms with Crippen molar-refractivity contribution >= 4 is 27.8 Å². The molecule has 9 heteroatoms. The second-order valence-electron chi connectivity index (χ2n) is 5.28. The highest BCUT2D eigenvalue weighted by molar-refractivity contribution is 9.10. The van der Waals surface area contributed by atoms with E-state index in [9.17, 15) is 9.59 Å². The molecule has 2 rings (SSSR count). The first kappa shape index (κ1) is 16.9. The Hall–Kier alpha value is -1.45. The Morgan fingerprint density at radius 2 is 2.36 bits per heavy atom. The number of carboxylic acids is 1. The average Bonchev–Trinajstić information content (AvgIpc) is 2.83. The highest BCUT2D eigenvalue weighted by Crippen LogP contribution is 2.10. The van der Waals surface area contributed by atoms with Crippen LogP contribution in [0.4, 0.5) is 0 Å². The zero-order valence-corrected chi connectivity index (χ0v) is 13.9. The quantitative estimate of drug-likeness (QED) is 0.747. The molecule has 1 saturated heterocycles. The SMILES string of the molecule is CN(CC(=O)O)CC1CN(C(=O)Cn2cc(Br)cn2)CCO1. The third-order valence-corrected chi connectivity index (χ3v) is 3.72. The highest BCUT2D eigenvalue weighted by Gasteiger charge is 2.25. The summed E-state index contributed by atoms with van der Waals surface area (Å²) in [7, 11) is 1.72. The first-order valence-electron chi connectivity index (χ1n) is 6.91. The maximum Gasteiger partial charge on any atom is 0.317 e. The van der Waals surface area contributed by atoms with Gasteiger partial charge in [0.15, 0.2) is 0 Å². The van der Waals surface area contributed by atoms with E-state index >= 15 is 0 Å². The molecule has 1 aliphatic rings. The molecule has 0 aromatic carbocycles. The normalized spacial score (nSPS) is 18.7. The van der Waals surface area contributed by atoms with Gasteiger partial charge in [0.2, 0.25) is 5.91 Å². The first-order valence-corrected chi connectivity index (χ1v) is 7.71. The van der Waals surface area contributed by atoms with Crippen LogP contribution in [0.5, 0.6) is 0 Å². The highest BCUT2D eigenvalue weighted by atomic mass is 79.9. The van der Waals surface area contributed by atoms with Gasteiger partial charge in [0.1, 0.15) is 6.54 Å². The second kappa shape index (κ2) is 7.70. The molecular formula is C13H19BrN4O4. The van der Waals surface area contributed by atoms with Gasteiger partial charge in [-0.3, -0.25) is 19.2 Å². The lowest BCUT2D eigenvalue weighted by molar-refractivity contribution is -0.142. The van der Waals surface area contributed by atoms with Crippen molar-refractivity contribution in [3.05, 3.63) is 16.9 Å². The van der Waals surface area contributed by atoms with Crippen LogP contribution in [0.3, 0.4) is 0 Å². The van der Waals surface area contributed by atoms with Crippen molar-refractivity contribution in [2.24, 2.45) is 0 Å². The van der Waals surface area contributed by atoms with Gasteiger partial charge in [0.25, 0.3) is 0 Å². The Balaban J connectivity index is 1.84. The lowest BCUT2D eigenvalue weighted by Crippen LogP contribution is -2.50. The van der Waals surface area contributed by atoms with E-state index in [0.29, 0.717) is 26.2 Å². The fourth-order valence-electron chi connectivity index (χ4n) is 2.36. The van der Waals surface area contributed by atoms with Crippen molar-refractivity contribution in [1.29, 1.82) is 0 Å². The number of carbonyl (C=O) groups excluding carboxylic acids is 1. The smallest absolute Gasteiger partial charge is 0.317 e. The van der Waals surface area contributed by atoms with Gasteiger partial charge in [0, 0.05) is 25.8 Å².